The minimum absolute atomic E-state index is 0.252. The Balaban J connectivity index is 4.63. The second kappa shape index (κ2) is 11.2. The number of carboxylic acids is 2. The summed E-state index contributed by atoms with van der Waals surface area (Å²) in [4.78, 5) is 57.8. The standard InChI is InChI=1S/C18H31N3O9/c1-17(2,3)29-15(27)20-10(13(23)24)7-8-12(22)19-9-11(14(25)26)21-16(28)30-18(4,5)6/h10-11H,7-9H2,1-6H3,(H,19,22)(H,20,27)(H,21,28)(H,23,24)(H,25,26)/t10-,11-/m0/s1. The maximum absolute atomic E-state index is 11.9. The molecule has 0 bridgehead atoms. The van der Waals surface area contributed by atoms with E-state index in [1.807, 2.05) is 0 Å². The molecule has 0 rings (SSSR count). The third-order valence-corrected chi connectivity index (χ3v) is 3.14. The molecule has 0 fully saturated rings. The molecule has 0 spiro atoms. The molecule has 0 aliphatic rings. The molecule has 5 N–H and O–H groups in total. The Hall–Kier alpha value is -3.05. The van der Waals surface area contributed by atoms with Crippen molar-refractivity contribution in [2.24, 2.45) is 0 Å². The predicted molar refractivity (Wildman–Crippen MR) is 104 cm³/mol. The highest BCUT2D eigenvalue weighted by atomic mass is 16.6. The molecule has 0 aromatic carbocycles. The summed E-state index contributed by atoms with van der Waals surface area (Å²) >= 11 is 0. The van der Waals surface area contributed by atoms with E-state index in [4.69, 9.17) is 14.6 Å². The molecule has 0 saturated carbocycles. The molecule has 0 heterocycles. The molecular formula is C18H31N3O9. The summed E-state index contributed by atoms with van der Waals surface area (Å²) in [6, 6.07) is -2.82. The lowest BCUT2D eigenvalue weighted by Gasteiger charge is -2.22. The van der Waals surface area contributed by atoms with Gasteiger partial charge in [0, 0.05) is 13.0 Å². The lowest BCUT2D eigenvalue weighted by Crippen LogP contribution is -2.50. The zero-order valence-corrected chi connectivity index (χ0v) is 18.0. The topological polar surface area (TPSA) is 180 Å². The number of nitrogens with one attached hydrogen (secondary N) is 3. The molecule has 12 heteroatoms. The van der Waals surface area contributed by atoms with Gasteiger partial charge in [0.2, 0.25) is 5.91 Å². The van der Waals surface area contributed by atoms with Crippen LogP contribution in [0.5, 0.6) is 0 Å². The first-order chi connectivity index (χ1) is 13.5. The molecule has 0 unspecified atom stereocenters. The normalized spacial score (nSPS) is 13.4. The fourth-order valence-corrected chi connectivity index (χ4v) is 1.94. The number of amides is 3. The number of alkyl carbamates (subject to hydrolysis) is 2. The van der Waals surface area contributed by atoms with Crippen LogP contribution in [0.25, 0.3) is 0 Å². The second-order valence-corrected chi connectivity index (χ2v) is 8.42. The van der Waals surface area contributed by atoms with Crippen molar-refractivity contribution in [2.45, 2.75) is 77.7 Å². The highest BCUT2D eigenvalue weighted by Gasteiger charge is 2.26. The maximum atomic E-state index is 11.9. The fraction of sp³-hybridized carbons (Fsp3) is 0.722. The van der Waals surface area contributed by atoms with E-state index in [0.29, 0.717) is 0 Å². The van der Waals surface area contributed by atoms with Crippen molar-refractivity contribution in [3.8, 4) is 0 Å². The molecule has 3 amide bonds. The van der Waals surface area contributed by atoms with Crippen LogP contribution in [-0.4, -0.2) is 70.1 Å². The quantitative estimate of drug-likeness (QED) is 0.352. The summed E-state index contributed by atoms with van der Waals surface area (Å²) < 4.78 is 9.93. The van der Waals surface area contributed by atoms with Crippen LogP contribution in [-0.2, 0) is 23.9 Å². The van der Waals surface area contributed by atoms with Crippen molar-refractivity contribution < 1.29 is 43.7 Å². The Morgan fingerprint density at radius 1 is 0.767 bits per heavy atom. The Labute approximate surface area is 174 Å². The fourth-order valence-electron chi connectivity index (χ4n) is 1.94. The summed E-state index contributed by atoms with van der Waals surface area (Å²) in [6.07, 6.45) is -2.47. The summed E-state index contributed by atoms with van der Waals surface area (Å²) in [5.74, 6) is -3.41. The lowest BCUT2D eigenvalue weighted by molar-refractivity contribution is -0.140. The van der Waals surface area contributed by atoms with Crippen LogP contribution in [0.3, 0.4) is 0 Å². The Morgan fingerprint density at radius 3 is 1.53 bits per heavy atom. The summed E-state index contributed by atoms with van der Waals surface area (Å²) in [6.45, 7) is 9.21. The largest absolute Gasteiger partial charge is 0.480 e. The number of carboxylic acid groups (broad SMARTS) is 2. The van der Waals surface area contributed by atoms with Crippen molar-refractivity contribution in [3.63, 3.8) is 0 Å². The molecule has 0 aliphatic carbocycles. The number of carbonyl (C=O) groups excluding carboxylic acids is 3. The molecule has 0 aromatic rings. The highest BCUT2D eigenvalue weighted by molar-refractivity contribution is 5.83. The van der Waals surface area contributed by atoms with Crippen LogP contribution in [0.2, 0.25) is 0 Å². The van der Waals surface area contributed by atoms with E-state index in [1.54, 1.807) is 41.5 Å². The van der Waals surface area contributed by atoms with Crippen molar-refractivity contribution in [2.75, 3.05) is 6.54 Å². The van der Waals surface area contributed by atoms with Gasteiger partial charge in [0.05, 0.1) is 0 Å². The monoisotopic (exact) mass is 433 g/mol. The molecule has 0 aromatic heterocycles. The van der Waals surface area contributed by atoms with Gasteiger partial charge in [-0.2, -0.15) is 0 Å². The first kappa shape index (κ1) is 27.0. The van der Waals surface area contributed by atoms with E-state index < -0.39 is 59.9 Å². The van der Waals surface area contributed by atoms with Crippen LogP contribution in [0.15, 0.2) is 0 Å². The highest BCUT2D eigenvalue weighted by Crippen LogP contribution is 2.08. The lowest BCUT2D eigenvalue weighted by atomic mass is 10.1. The van der Waals surface area contributed by atoms with Gasteiger partial charge in [-0.15, -0.1) is 0 Å². The number of carbonyl (C=O) groups is 5. The van der Waals surface area contributed by atoms with Gasteiger partial charge < -0.3 is 35.6 Å². The van der Waals surface area contributed by atoms with Crippen molar-refractivity contribution in [3.05, 3.63) is 0 Å². The van der Waals surface area contributed by atoms with E-state index in [2.05, 4.69) is 16.0 Å². The second-order valence-electron chi connectivity index (χ2n) is 8.42. The molecule has 0 saturated heterocycles. The molecule has 2 atom stereocenters. The van der Waals surface area contributed by atoms with Crippen LogP contribution < -0.4 is 16.0 Å². The molecule has 30 heavy (non-hydrogen) atoms. The molecule has 12 nitrogen and oxygen atoms in total. The molecule has 172 valence electrons. The molecule has 0 radical (unpaired) electrons. The van der Waals surface area contributed by atoms with Gasteiger partial charge in [0.15, 0.2) is 0 Å². The SMILES string of the molecule is CC(C)(C)OC(=O)N[C@@H](CCC(=O)NC[C@H](NC(=O)OC(C)(C)C)C(=O)O)C(=O)O. The maximum Gasteiger partial charge on any atom is 0.408 e. The van der Waals surface area contributed by atoms with Gasteiger partial charge in [0.25, 0.3) is 0 Å². The first-order valence-electron chi connectivity index (χ1n) is 9.21. The van der Waals surface area contributed by atoms with E-state index in [-0.39, 0.29) is 12.8 Å². The number of hydrogen-bond donors (Lipinski definition) is 5. The van der Waals surface area contributed by atoms with Gasteiger partial charge in [-0.25, -0.2) is 19.2 Å². The minimum Gasteiger partial charge on any atom is -0.480 e. The van der Waals surface area contributed by atoms with Crippen LogP contribution in [0.1, 0.15) is 54.4 Å². The van der Waals surface area contributed by atoms with E-state index in [1.165, 1.54) is 0 Å². The van der Waals surface area contributed by atoms with Crippen LogP contribution in [0.4, 0.5) is 9.59 Å². The van der Waals surface area contributed by atoms with Gasteiger partial charge in [-0.1, -0.05) is 0 Å². The third kappa shape index (κ3) is 13.2. The Morgan fingerprint density at radius 2 is 1.17 bits per heavy atom. The zero-order valence-electron chi connectivity index (χ0n) is 18.0. The van der Waals surface area contributed by atoms with Crippen molar-refractivity contribution in [1.82, 2.24) is 16.0 Å². The number of hydrogen-bond acceptors (Lipinski definition) is 7. The number of rotatable bonds is 9. The van der Waals surface area contributed by atoms with E-state index in [9.17, 15) is 29.1 Å². The zero-order chi connectivity index (χ0) is 23.7. The first-order valence-corrected chi connectivity index (χ1v) is 9.21. The average molecular weight is 433 g/mol. The summed E-state index contributed by atoms with van der Waals surface area (Å²) in [5.41, 5.74) is -1.65. The smallest absolute Gasteiger partial charge is 0.408 e. The molecular weight excluding hydrogens is 402 g/mol. The van der Waals surface area contributed by atoms with Gasteiger partial charge in [0.1, 0.15) is 23.3 Å². The minimum atomic E-state index is -1.45. The van der Waals surface area contributed by atoms with Crippen LogP contribution in [0, 0.1) is 0 Å². The number of ether oxygens (including phenoxy) is 2. The third-order valence-electron chi connectivity index (χ3n) is 3.14. The Kier molecular flexibility index (Phi) is 10.1. The van der Waals surface area contributed by atoms with Gasteiger partial charge in [-0.3, -0.25) is 4.79 Å². The summed E-state index contributed by atoms with van der Waals surface area (Å²) in [7, 11) is 0. The number of aliphatic carboxylic acids is 2. The van der Waals surface area contributed by atoms with Gasteiger partial charge >= 0.3 is 24.1 Å². The van der Waals surface area contributed by atoms with Crippen molar-refractivity contribution in [1.29, 1.82) is 0 Å². The predicted octanol–water partition coefficient (Wildman–Crippen LogP) is 0.839. The van der Waals surface area contributed by atoms with Crippen LogP contribution >= 0.6 is 0 Å². The summed E-state index contributed by atoms with van der Waals surface area (Å²) in [5, 5.41) is 24.9. The van der Waals surface area contributed by atoms with Crippen molar-refractivity contribution >= 4 is 30.0 Å². The molecule has 0 aliphatic heterocycles. The van der Waals surface area contributed by atoms with Gasteiger partial charge in [-0.05, 0) is 48.0 Å². The van der Waals surface area contributed by atoms with E-state index in [0.717, 1.165) is 0 Å². The van der Waals surface area contributed by atoms with E-state index >= 15 is 0 Å². The Bertz CT molecular complexity index is 596. The average Bonchev–Trinajstić information content (AvgIpc) is 2.51.